The molecule has 0 radical (unpaired) electrons. The monoisotopic (exact) mass is 324 g/mol. The van der Waals surface area contributed by atoms with E-state index in [4.69, 9.17) is 16.6 Å². The number of nitrogens with zero attached hydrogens (tertiary/aromatic N) is 2. The summed E-state index contributed by atoms with van der Waals surface area (Å²) in [5, 5.41) is 12.0. The van der Waals surface area contributed by atoms with Crippen LogP contribution in [0.25, 0.3) is 10.2 Å². The molecule has 114 valence electrons. The second-order valence-corrected chi connectivity index (χ2v) is 7.84. The number of aromatic nitrogens is 1. The van der Waals surface area contributed by atoms with Gasteiger partial charge in [-0.3, -0.25) is 0 Å². The first kappa shape index (κ1) is 15.1. The average molecular weight is 325 g/mol. The van der Waals surface area contributed by atoms with Crippen LogP contribution in [-0.2, 0) is 0 Å². The molecule has 0 amide bonds. The fourth-order valence-corrected chi connectivity index (χ4v) is 4.37. The summed E-state index contributed by atoms with van der Waals surface area (Å²) in [6, 6.07) is 3.97. The predicted molar refractivity (Wildman–Crippen MR) is 90.6 cm³/mol. The zero-order valence-electron chi connectivity index (χ0n) is 12.7. The van der Waals surface area contributed by atoms with Gasteiger partial charge >= 0.3 is 0 Å². The van der Waals surface area contributed by atoms with Crippen molar-refractivity contribution < 1.29 is 5.11 Å². The summed E-state index contributed by atoms with van der Waals surface area (Å²) in [5.74, 6) is 0.369. The van der Waals surface area contributed by atoms with E-state index >= 15 is 0 Å². The Bertz CT molecular complexity index is 615. The Labute approximate surface area is 134 Å². The largest absolute Gasteiger partial charge is 0.390 e. The molecule has 1 aromatic carbocycles. The fraction of sp³-hybridized carbons (Fsp3) is 0.562. The van der Waals surface area contributed by atoms with Gasteiger partial charge in [-0.05, 0) is 51.2 Å². The Morgan fingerprint density at radius 2 is 2.00 bits per heavy atom. The minimum atomic E-state index is -0.584. The van der Waals surface area contributed by atoms with Crippen LogP contribution < -0.4 is 4.90 Å². The Hall–Kier alpha value is -0.840. The highest BCUT2D eigenvalue weighted by atomic mass is 35.5. The maximum absolute atomic E-state index is 10.1. The molecule has 1 fully saturated rings. The lowest BCUT2D eigenvalue weighted by atomic mass is 9.83. The van der Waals surface area contributed by atoms with Crippen molar-refractivity contribution in [2.75, 3.05) is 18.0 Å². The van der Waals surface area contributed by atoms with Crippen molar-refractivity contribution in [1.82, 2.24) is 4.98 Å². The number of thiazole rings is 1. The van der Waals surface area contributed by atoms with Gasteiger partial charge in [0.05, 0.1) is 20.8 Å². The second kappa shape index (κ2) is 5.41. The van der Waals surface area contributed by atoms with Gasteiger partial charge < -0.3 is 10.0 Å². The third-order valence-electron chi connectivity index (χ3n) is 4.45. The summed E-state index contributed by atoms with van der Waals surface area (Å²) in [6.07, 6.45) is 2.01. The molecule has 0 saturated carbocycles. The topological polar surface area (TPSA) is 36.4 Å². The van der Waals surface area contributed by atoms with Crippen LogP contribution in [0, 0.1) is 12.8 Å². The van der Waals surface area contributed by atoms with E-state index in [0.717, 1.165) is 46.3 Å². The Morgan fingerprint density at radius 3 is 2.57 bits per heavy atom. The van der Waals surface area contributed by atoms with Gasteiger partial charge in [-0.1, -0.05) is 29.0 Å². The molecule has 0 aliphatic carbocycles. The van der Waals surface area contributed by atoms with Gasteiger partial charge in [-0.2, -0.15) is 0 Å². The number of halogens is 1. The van der Waals surface area contributed by atoms with Gasteiger partial charge in [0, 0.05) is 13.1 Å². The summed E-state index contributed by atoms with van der Waals surface area (Å²) >= 11 is 7.96. The molecule has 1 aliphatic rings. The van der Waals surface area contributed by atoms with E-state index < -0.39 is 5.60 Å². The van der Waals surface area contributed by atoms with Crippen LogP contribution in [0.4, 0.5) is 5.13 Å². The molecule has 1 N–H and O–H groups in total. The first-order valence-electron chi connectivity index (χ1n) is 7.39. The van der Waals surface area contributed by atoms with E-state index in [1.54, 1.807) is 11.3 Å². The summed E-state index contributed by atoms with van der Waals surface area (Å²) in [7, 11) is 0. The molecule has 5 heteroatoms. The van der Waals surface area contributed by atoms with Crippen molar-refractivity contribution in [3.8, 4) is 0 Å². The van der Waals surface area contributed by atoms with Crippen molar-refractivity contribution in [1.29, 1.82) is 0 Å². The minimum Gasteiger partial charge on any atom is -0.390 e. The molecule has 0 atom stereocenters. The van der Waals surface area contributed by atoms with Crippen molar-refractivity contribution in [2.24, 2.45) is 5.92 Å². The predicted octanol–water partition coefficient (Wildman–Crippen LogP) is 4.25. The molecule has 1 aliphatic heterocycles. The zero-order chi connectivity index (χ0) is 15.2. The molecule has 0 unspecified atom stereocenters. The molecule has 0 bridgehead atoms. The van der Waals surface area contributed by atoms with Crippen LogP contribution in [0.5, 0.6) is 0 Å². The molecule has 2 heterocycles. The first-order chi connectivity index (χ1) is 9.86. The van der Waals surface area contributed by atoms with Gasteiger partial charge in [0.1, 0.15) is 0 Å². The summed E-state index contributed by atoms with van der Waals surface area (Å²) in [5.41, 5.74) is 1.61. The van der Waals surface area contributed by atoms with E-state index in [0.29, 0.717) is 5.92 Å². The number of piperidine rings is 1. The number of hydrogen-bond donors (Lipinski definition) is 1. The Kier molecular flexibility index (Phi) is 3.89. The number of anilines is 1. The average Bonchev–Trinajstić information content (AvgIpc) is 2.89. The molecule has 2 aromatic rings. The lowest BCUT2D eigenvalue weighted by molar-refractivity contribution is 0.00651. The highest BCUT2D eigenvalue weighted by Crippen LogP contribution is 2.37. The van der Waals surface area contributed by atoms with Gasteiger partial charge in [0.15, 0.2) is 5.13 Å². The molecule has 0 spiro atoms. The zero-order valence-corrected chi connectivity index (χ0v) is 14.3. The Balaban J connectivity index is 1.83. The van der Waals surface area contributed by atoms with Gasteiger partial charge in [-0.15, -0.1) is 0 Å². The minimum absolute atomic E-state index is 0.369. The standard InChI is InChI=1S/C16H21ClN2OS/c1-10-4-5-12(17)14-13(10)18-15(21-14)19-8-6-11(7-9-19)16(2,3)20/h4-5,11,20H,6-9H2,1-3H3. The molecule has 3 rings (SSSR count). The summed E-state index contributed by atoms with van der Waals surface area (Å²) in [6.45, 7) is 7.79. The summed E-state index contributed by atoms with van der Waals surface area (Å²) in [4.78, 5) is 7.10. The molecular formula is C16H21ClN2OS. The number of rotatable bonds is 2. The van der Waals surface area contributed by atoms with Crippen LogP contribution in [0.3, 0.4) is 0 Å². The fourth-order valence-electron chi connectivity index (χ4n) is 3.00. The number of aryl methyl sites for hydroxylation is 1. The highest BCUT2D eigenvalue weighted by molar-refractivity contribution is 7.22. The SMILES string of the molecule is Cc1ccc(Cl)c2sc(N3CCC(C(C)(C)O)CC3)nc12. The smallest absolute Gasteiger partial charge is 0.186 e. The number of fused-ring (bicyclic) bond motifs is 1. The quantitative estimate of drug-likeness (QED) is 0.897. The first-order valence-corrected chi connectivity index (χ1v) is 8.58. The number of benzene rings is 1. The van der Waals surface area contributed by atoms with Crippen LogP contribution in [0.1, 0.15) is 32.3 Å². The van der Waals surface area contributed by atoms with E-state index in [-0.39, 0.29) is 0 Å². The van der Waals surface area contributed by atoms with Crippen molar-refractivity contribution in [3.05, 3.63) is 22.7 Å². The van der Waals surface area contributed by atoms with E-state index in [9.17, 15) is 5.11 Å². The normalized spacial score (nSPS) is 17.7. The maximum atomic E-state index is 10.1. The van der Waals surface area contributed by atoms with E-state index in [1.807, 2.05) is 26.0 Å². The molecule has 1 aromatic heterocycles. The lowest BCUT2D eigenvalue weighted by Crippen LogP contribution is -2.41. The molecule has 3 nitrogen and oxygen atoms in total. The summed E-state index contributed by atoms with van der Waals surface area (Å²) < 4.78 is 1.08. The number of aliphatic hydroxyl groups is 1. The van der Waals surface area contributed by atoms with Gasteiger partial charge in [0.2, 0.25) is 0 Å². The highest BCUT2D eigenvalue weighted by Gasteiger charge is 2.31. The van der Waals surface area contributed by atoms with E-state index in [2.05, 4.69) is 11.8 Å². The van der Waals surface area contributed by atoms with Gasteiger partial charge in [-0.25, -0.2) is 4.98 Å². The molecule has 21 heavy (non-hydrogen) atoms. The van der Waals surface area contributed by atoms with Crippen molar-refractivity contribution >= 4 is 38.3 Å². The second-order valence-electron chi connectivity index (χ2n) is 6.45. The number of hydrogen-bond acceptors (Lipinski definition) is 4. The van der Waals surface area contributed by atoms with Crippen molar-refractivity contribution in [3.63, 3.8) is 0 Å². The van der Waals surface area contributed by atoms with Crippen molar-refractivity contribution in [2.45, 2.75) is 39.2 Å². The van der Waals surface area contributed by atoms with Gasteiger partial charge in [0.25, 0.3) is 0 Å². The van der Waals surface area contributed by atoms with E-state index in [1.165, 1.54) is 5.56 Å². The van der Waals surface area contributed by atoms with Crippen LogP contribution in [0.15, 0.2) is 12.1 Å². The molecular weight excluding hydrogens is 304 g/mol. The van der Waals surface area contributed by atoms with Crippen LogP contribution >= 0.6 is 22.9 Å². The molecule has 1 saturated heterocycles. The third kappa shape index (κ3) is 2.89. The van der Waals surface area contributed by atoms with Crippen LogP contribution in [0.2, 0.25) is 5.02 Å². The Morgan fingerprint density at radius 1 is 1.33 bits per heavy atom. The lowest BCUT2D eigenvalue weighted by Gasteiger charge is -2.37. The maximum Gasteiger partial charge on any atom is 0.186 e. The van der Waals surface area contributed by atoms with Crippen LogP contribution in [-0.4, -0.2) is 28.8 Å². The third-order valence-corrected chi connectivity index (χ3v) is 6.03.